The van der Waals surface area contributed by atoms with E-state index in [1.54, 1.807) is 24.3 Å². The summed E-state index contributed by atoms with van der Waals surface area (Å²) in [6.45, 7) is -0.297. The van der Waals surface area contributed by atoms with Crippen molar-refractivity contribution in [1.82, 2.24) is 20.4 Å². The highest BCUT2D eigenvalue weighted by Crippen LogP contribution is 2.21. The number of hydrogen-bond acceptors (Lipinski definition) is 6. The molecule has 1 aromatic heterocycles. The van der Waals surface area contributed by atoms with E-state index in [1.807, 2.05) is 0 Å². The third-order valence-electron chi connectivity index (χ3n) is 4.19. The van der Waals surface area contributed by atoms with Crippen molar-refractivity contribution in [2.45, 2.75) is 19.4 Å². The maximum absolute atomic E-state index is 12.3. The van der Waals surface area contributed by atoms with Crippen LogP contribution in [0.15, 0.2) is 35.4 Å². The van der Waals surface area contributed by atoms with E-state index in [0.29, 0.717) is 17.3 Å². The average molecular weight is 378 g/mol. The van der Waals surface area contributed by atoms with Crippen molar-refractivity contribution in [1.29, 1.82) is 0 Å². The average Bonchev–Trinajstić information content (AvgIpc) is 2.94. The number of rotatable bonds is 4. The Morgan fingerprint density at radius 2 is 1.92 bits per heavy atom. The number of fused-ring (bicyclic) bond motifs is 1. The van der Waals surface area contributed by atoms with E-state index in [0.717, 1.165) is 4.57 Å². The summed E-state index contributed by atoms with van der Waals surface area (Å²) in [6.07, 6.45) is 1.74. The van der Waals surface area contributed by atoms with Gasteiger partial charge < -0.3 is 0 Å². The van der Waals surface area contributed by atoms with Gasteiger partial charge in [-0.05, 0) is 24.5 Å². The molecule has 138 valence electrons. The van der Waals surface area contributed by atoms with Crippen LogP contribution in [0.3, 0.4) is 0 Å². The fourth-order valence-corrected chi connectivity index (χ4v) is 4.76. The Morgan fingerprint density at radius 1 is 1.19 bits per heavy atom. The van der Waals surface area contributed by atoms with Gasteiger partial charge in [-0.15, -0.1) is 0 Å². The molecule has 2 amide bonds. The fourth-order valence-electron chi connectivity index (χ4n) is 2.90. The van der Waals surface area contributed by atoms with Crippen LogP contribution < -0.4 is 16.4 Å². The largest absolute Gasteiger partial charge is 0.289 e. The summed E-state index contributed by atoms with van der Waals surface area (Å²) >= 11 is 0. The third kappa shape index (κ3) is 4.26. The minimum Gasteiger partial charge on any atom is -0.289 e. The van der Waals surface area contributed by atoms with Crippen LogP contribution in [-0.4, -0.2) is 41.3 Å². The molecule has 1 atom stereocenters. The molecule has 0 bridgehead atoms. The lowest BCUT2D eigenvalue weighted by atomic mass is 10.1. The summed E-state index contributed by atoms with van der Waals surface area (Å²) < 4.78 is 23.9. The van der Waals surface area contributed by atoms with Crippen LogP contribution in [0.25, 0.3) is 10.9 Å². The Kier molecular flexibility index (Phi) is 5.03. The summed E-state index contributed by atoms with van der Waals surface area (Å²) in [7, 11) is -3.05. The molecule has 26 heavy (non-hydrogen) atoms. The molecule has 0 aliphatic carbocycles. The zero-order chi connectivity index (χ0) is 18.7. The van der Waals surface area contributed by atoms with Crippen LogP contribution in [0.4, 0.5) is 0 Å². The number of nitrogens with one attached hydrogen (secondary N) is 2. The Bertz CT molecular complexity index is 1010. The number of sulfone groups is 1. The maximum Gasteiger partial charge on any atom is 0.261 e. The molecule has 1 fully saturated rings. The van der Waals surface area contributed by atoms with E-state index in [1.165, 1.54) is 6.33 Å². The molecule has 0 saturated carbocycles. The van der Waals surface area contributed by atoms with E-state index in [-0.39, 0.29) is 35.9 Å². The molecule has 2 N–H and O–H groups in total. The molecule has 0 radical (unpaired) electrons. The highest BCUT2D eigenvalue weighted by Gasteiger charge is 2.29. The number of para-hydroxylation sites is 1. The van der Waals surface area contributed by atoms with Crippen molar-refractivity contribution in [2.24, 2.45) is 5.92 Å². The monoisotopic (exact) mass is 378 g/mol. The van der Waals surface area contributed by atoms with Crippen LogP contribution >= 0.6 is 0 Å². The number of carbonyl (C=O) groups is 2. The van der Waals surface area contributed by atoms with Crippen molar-refractivity contribution < 1.29 is 18.0 Å². The van der Waals surface area contributed by atoms with Crippen molar-refractivity contribution in [3.05, 3.63) is 40.9 Å². The van der Waals surface area contributed by atoms with E-state index >= 15 is 0 Å². The molecule has 1 aromatic carbocycles. The third-order valence-corrected chi connectivity index (χ3v) is 6.02. The number of carbonyl (C=O) groups excluding carboxylic acids is 2. The molecule has 1 saturated heterocycles. The Morgan fingerprint density at radius 3 is 2.65 bits per heavy atom. The topological polar surface area (TPSA) is 127 Å². The highest BCUT2D eigenvalue weighted by atomic mass is 32.2. The number of nitrogens with zero attached hydrogens (tertiary/aromatic N) is 2. The van der Waals surface area contributed by atoms with Gasteiger partial charge in [-0.1, -0.05) is 12.1 Å². The van der Waals surface area contributed by atoms with Gasteiger partial charge in [-0.25, -0.2) is 13.4 Å². The summed E-state index contributed by atoms with van der Waals surface area (Å²) in [5, 5.41) is 0.397. The minimum atomic E-state index is -3.05. The van der Waals surface area contributed by atoms with Gasteiger partial charge in [0.1, 0.15) is 6.54 Å². The van der Waals surface area contributed by atoms with E-state index in [2.05, 4.69) is 15.8 Å². The van der Waals surface area contributed by atoms with Gasteiger partial charge in [-0.3, -0.25) is 29.8 Å². The van der Waals surface area contributed by atoms with E-state index in [4.69, 9.17) is 0 Å². The molecule has 1 aliphatic heterocycles. The molecular weight excluding hydrogens is 360 g/mol. The second kappa shape index (κ2) is 7.24. The molecule has 2 heterocycles. The van der Waals surface area contributed by atoms with Crippen molar-refractivity contribution in [3.63, 3.8) is 0 Å². The predicted molar refractivity (Wildman–Crippen MR) is 93.7 cm³/mol. The SMILES string of the molecule is O=C(CC1CCS(=O)(=O)C1)NNC(=O)Cn1cnc2ccccc2c1=O. The van der Waals surface area contributed by atoms with Gasteiger partial charge in [-0.2, -0.15) is 0 Å². The molecule has 1 unspecified atom stereocenters. The molecule has 9 nitrogen and oxygen atoms in total. The second-order valence-corrected chi connectivity index (χ2v) is 8.49. The van der Waals surface area contributed by atoms with Crippen molar-refractivity contribution in [2.75, 3.05) is 11.5 Å². The maximum atomic E-state index is 12.3. The number of aromatic nitrogens is 2. The zero-order valence-corrected chi connectivity index (χ0v) is 14.7. The fraction of sp³-hybridized carbons (Fsp3) is 0.375. The van der Waals surface area contributed by atoms with Gasteiger partial charge in [0, 0.05) is 6.42 Å². The van der Waals surface area contributed by atoms with E-state index in [9.17, 15) is 22.8 Å². The van der Waals surface area contributed by atoms with E-state index < -0.39 is 21.7 Å². The molecule has 10 heteroatoms. The van der Waals surface area contributed by atoms with Gasteiger partial charge in [0.15, 0.2) is 9.84 Å². The molecule has 2 aromatic rings. The first-order chi connectivity index (χ1) is 12.3. The van der Waals surface area contributed by atoms with Crippen LogP contribution in [0.2, 0.25) is 0 Å². The van der Waals surface area contributed by atoms with Crippen LogP contribution in [-0.2, 0) is 26.0 Å². The number of benzene rings is 1. The smallest absolute Gasteiger partial charge is 0.261 e. The van der Waals surface area contributed by atoms with Crippen LogP contribution in [0, 0.1) is 5.92 Å². The summed E-state index contributed by atoms with van der Waals surface area (Å²) in [5.74, 6) is -1.20. The first-order valence-corrected chi connectivity index (χ1v) is 9.88. The van der Waals surface area contributed by atoms with Crippen LogP contribution in [0.5, 0.6) is 0 Å². The lowest BCUT2D eigenvalue weighted by Crippen LogP contribution is -2.44. The quantitative estimate of drug-likeness (QED) is 0.682. The highest BCUT2D eigenvalue weighted by molar-refractivity contribution is 7.91. The Hall–Kier alpha value is -2.75. The minimum absolute atomic E-state index is 0.00742. The normalized spacial score (nSPS) is 18.5. The lowest BCUT2D eigenvalue weighted by Gasteiger charge is -2.11. The number of hydrogen-bond donors (Lipinski definition) is 2. The molecular formula is C16H18N4O5S. The predicted octanol–water partition coefficient (Wildman–Crippen LogP) is -0.631. The lowest BCUT2D eigenvalue weighted by molar-refractivity contribution is -0.129. The van der Waals surface area contributed by atoms with Crippen molar-refractivity contribution in [3.8, 4) is 0 Å². The number of hydrazine groups is 1. The molecule has 1 aliphatic rings. The van der Waals surface area contributed by atoms with Gasteiger partial charge in [0.05, 0.1) is 28.7 Å². The first-order valence-electron chi connectivity index (χ1n) is 8.06. The Labute approximate surface area is 149 Å². The zero-order valence-electron chi connectivity index (χ0n) is 13.8. The summed E-state index contributed by atoms with van der Waals surface area (Å²) in [6, 6.07) is 6.79. The van der Waals surface area contributed by atoms with Crippen molar-refractivity contribution >= 4 is 32.6 Å². The van der Waals surface area contributed by atoms with Crippen LogP contribution in [0.1, 0.15) is 12.8 Å². The Balaban J connectivity index is 1.54. The summed E-state index contributed by atoms with van der Waals surface area (Å²) in [4.78, 5) is 40.1. The van der Waals surface area contributed by atoms with Gasteiger partial charge in [0.25, 0.3) is 11.5 Å². The number of amides is 2. The summed E-state index contributed by atoms with van der Waals surface area (Å²) in [5.41, 5.74) is 4.65. The standard InChI is InChI=1S/C16H18N4O5S/c21-14(7-11-5-6-26(24,25)9-11)18-19-15(22)8-20-10-17-13-4-2-1-3-12(13)16(20)23/h1-4,10-11H,5-9H2,(H,18,21)(H,19,22). The second-order valence-electron chi connectivity index (χ2n) is 6.26. The molecule has 3 rings (SSSR count). The molecule has 0 spiro atoms. The van der Waals surface area contributed by atoms with Gasteiger partial charge >= 0.3 is 0 Å². The first kappa shape index (κ1) is 18.1. The van der Waals surface area contributed by atoms with Gasteiger partial charge in [0.2, 0.25) is 5.91 Å².